The smallest absolute Gasteiger partial charge is 0.233 e. The monoisotopic (exact) mass is 419 g/mol. The van der Waals surface area contributed by atoms with E-state index in [1.807, 2.05) is 47.4 Å². The zero-order valence-corrected chi connectivity index (χ0v) is 17.8. The Labute approximate surface area is 181 Å². The second-order valence-corrected chi connectivity index (χ2v) is 8.19. The molecule has 3 aromatic rings. The van der Waals surface area contributed by atoms with Gasteiger partial charge in [-0.2, -0.15) is 0 Å². The lowest BCUT2D eigenvalue weighted by Crippen LogP contribution is -2.49. The maximum atomic E-state index is 12.6. The van der Waals surface area contributed by atoms with Crippen LogP contribution in [0.1, 0.15) is 17.0 Å². The summed E-state index contributed by atoms with van der Waals surface area (Å²) in [4.78, 5) is 21.3. The Hall–Kier alpha value is -3.06. The van der Waals surface area contributed by atoms with Crippen LogP contribution in [0.4, 0.5) is 5.69 Å². The molecule has 1 fully saturated rings. The van der Waals surface area contributed by atoms with Crippen molar-refractivity contribution in [2.75, 3.05) is 36.8 Å². The molecule has 30 heavy (non-hydrogen) atoms. The largest absolute Gasteiger partial charge is 0.368 e. The second kappa shape index (κ2) is 9.63. The van der Waals surface area contributed by atoms with Crippen molar-refractivity contribution in [2.45, 2.75) is 12.1 Å². The zero-order chi connectivity index (χ0) is 20.8. The summed E-state index contributed by atoms with van der Waals surface area (Å²) in [6.07, 6.45) is 3.87. The molecule has 6 nitrogen and oxygen atoms in total. The summed E-state index contributed by atoms with van der Waals surface area (Å²) in [7, 11) is 0. The third-order valence-electron chi connectivity index (χ3n) is 5.04. The van der Waals surface area contributed by atoms with Gasteiger partial charge in [0.15, 0.2) is 0 Å². The Morgan fingerprint density at radius 2 is 1.87 bits per heavy atom. The molecule has 1 saturated heterocycles. The number of aromatic nitrogens is 3. The molecule has 0 saturated carbocycles. The molecule has 0 bridgehead atoms. The van der Waals surface area contributed by atoms with E-state index in [1.54, 1.807) is 0 Å². The van der Waals surface area contributed by atoms with Crippen LogP contribution >= 0.6 is 11.8 Å². The fraction of sp³-hybridized carbons (Fsp3) is 0.261. The number of hydrogen-bond acceptors (Lipinski definition) is 5. The van der Waals surface area contributed by atoms with Crippen LogP contribution < -0.4 is 4.90 Å². The van der Waals surface area contributed by atoms with Crippen LogP contribution in [-0.4, -0.2) is 57.9 Å². The number of aromatic amines is 1. The van der Waals surface area contributed by atoms with Crippen LogP contribution in [0.5, 0.6) is 0 Å². The fourth-order valence-corrected chi connectivity index (χ4v) is 4.10. The molecule has 0 atom stereocenters. The van der Waals surface area contributed by atoms with Crippen LogP contribution in [0, 0.1) is 6.92 Å². The molecule has 1 aromatic heterocycles. The van der Waals surface area contributed by atoms with Gasteiger partial charge in [0.1, 0.15) is 5.82 Å². The minimum atomic E-state index is 0.134. The highest BCUT2D eigenvalue weighted by molar-refractivity contribution is 7.99. The topological polar surface area (TPSA) is 65.1 Å². The first kappa shape index (κ1) is 20.2. The standard InChI is InChI=1S/C23H25N5OS/c1-18-6-5-9-20(16-18)27-12-14-28(15-13-27)22(29)17-30-23-24-21(25-26-23)11-10-19-7-3-2-4-8-19/h2-11,16H,12-15,17H2,1H3,(H,24,25,26)/b11-10+. The van der Waals surface area contributed by atoms with E-state index in [2.05, 4.69) is 51.3 Å². The third kappa shape index (κ3) is 5.30. The number of anilines is 1. The van der Waals surface area contributed by atoms with Gasteiger partial charge in [0.25, 0.3) is 0 Å². The van der Waals surface area contributed by atoms with Gasteiger partial charge in [-0.05, 0) is 36.3 Å². The van der Waals surface area contributed by atoms with Gasteiger partial charge in [-0.3, -0.25) is 9.89 Å². The quantitative estimate of drug-likeness (QED) is 0.617. The average molecular weight is 420 g/mol. The average Bonchev–Trinajstić information content (AvgIpc) is 3.25. The van der Waals surface area contributed by atoms with Gasteiger partial charge >= 0.3 is 0 Å². The van der Waals surface area contributed by atoms with Crippen molar-refractivity contribution < 1.29 is 4.79 Å². The second-order valence-electron chi connectivity index (χ2n) is 7.24. The predicted octanol–water partition coefficient (Wildman–Crippen LogP) is 3.72. The number of carbonyl (C=O) groups excluding carboxylic acids is 1. The third-order valence-corrected chi connectivity index (χ3v) is 5.87. The number of hydrogen-bond donors (Lipinski definition) is 1. The molecule has 0 aliphatic carbocycles. The summed E-state index contributed by atoms with van der Waals surface area (Å²) in [5.41, 5.74) is 3.59. The Morgan fingerprint density at radius 1 is 1.07 bits per heavy atom. The number of thioether (sulfide) groups is 1. The molecule has 0 spiro atoms. The van der Waals surface area contributed by atoms with E-state index in [-0.39, 0.29) is 5.91 Å². The van der Waals surface area contributed by atoms with Crippen LogP contribution in [0.15, 0.2) is 59.8 Å². The molecule has 1 amide bonds. The molecule has 4 rings (SSSR count). The zero-order valence-electron chi connectivity index (χ0n) is 17.0. The summed E-state index contributed by atoms with van der Waals surface area (Å²) in [6, 6.07) is 18.5. The first-order valence-corrected chi connectivity index (χ1v) is 11.0. The van der Waals surface area contributed by atoms with Gasteiger partial charge in [-0.1, -0.05) is 60.3 Å². The Balaban J connectivity index is 1.24. The van der Waals surface area contributed by atoms with Gasteiger partial charge in [-0.25, -0.2) is 4.98 Å². The minimum Gasteiger partial charge on any atom is -0.368 e. The van der Waals surface area contributed by atoms with Crippen molar-refractivity contribution >= 4 is 35.5 Å². The van der Waals surface area contributed by atoms with Gasteiger partial charge in [-0.15, -0.1) is 5.10 Å². The summed E-state index contributed by atoms with van der Waals surface area (Å²) < 4.78 is 0. The molecule has 1 aliphatic rings. The van der Waals surface area contributed by atoms with Gasteiger partial charge in [0.05, 0.1) is 5.75 Å². The number of rotatable bonds is 6. The first-order chi connectivity index (χ1) is 14.7. The minimum absolute atomic E-state index is 0.134. The number of nitrogens with one attached hydrogen (secondary N) is 1. The van der Waals surface area contributed by atoms with E-state index in [1.165, 1.54) is 23.0 Å². The van der Waals surface area contributed by atoms with E-state index in [0.717, 1.165) is 31.7 Å². The molecule has 1 N–H and O–H groups in total. The summed E-state index contributed by atoms with van der Waals surface area (Å²) in [5.74, 6) is 1.17. The highest BCUT2D eigenvalue weighted by Gasteiger charge is 2.21. The van der Waals surface area contributed by atoms with E-state index in [0.29, 0.717) is 16.7 Å². The lowest BCUT2D eigenvalue weighted by molar-refractivity contribution is -0.128. The summed E-state index contributed by atoms with van der Waals surface area (Å²) in [5, 5.41) is 7.70. The molecular formula is C23H25N5OS. The normalized spacial score (nSPS) is 14.4. The molecule has 0 unspecified atom stereocenters. The maximum Gasteiger partial charge on any atom is 0.233 e. The predicted molar refractivity (Wildman–Crippen MR) is 122 cm³/mol. The van der Waals surface area contributed by atoms with Crippen molar-refractivity contribution in [3.05, 3.63) is 71.5 Å². The Kier molecular flexibility index (Phi) is 6.49. The number of H-pyrrole nitrogens is 1. The van der Waals surface area contributed by atoms with Crippen LogP contribution in [-0.2, 0) is 4.79 Å². The summed E-state index contributed by atoms with van der Waals surface area (Å²) in [6.45, 7) is 5.30. The SMILES string of the molecule is Cc1cccc(N2CCN(C(=O)CSc3n[nH]c(/C=C/c4ccccc4)n3)CC2)c1. The van der Waals surface area contributed by atoms with E-state index in [9.17, 15) is 4.79 Å². The van der Waals surface area contributed by atoms with Crippen molar-refractivity contribution in [2.24, 2.45) is 0 Å². The maximum absolute atomic E-state index is 12.6. The molecule has 0 radical (unpaired) electrons. The van der Waals surface area contributed by atoms with E-state index >= 15 is 0 Å². The number of piperazine rings is 1. The first-order valence-electron chi connectivity index (χ1n) is 10.0. The van der Waals surface area contributed by atoms with Crippen LogP contribution in [0.3, 0.4) is 0 Å². The van der Waals surface area contributed by atoms with Crippen molar-refractivity contribution in [1.82, 2.24) is 20.1 Å². The van der Waals surface area contributed by atoms with Gasteiger partial charge < -0.3 is 9.80 Å². The van der Waals surface area contributed by atoms with Gasteiger partial charge in [0, 0.05) is 31.9 Å². The van der Waals surface area contributed by atoms with Crippen molar-refractivity contribution in [3.8, 4) is 0 Å². The van der Waals surface area contributed by atoms with Crippen LogP contribution in [0.25, 0.3) is 12.2 Å². The number of nitrogens with zero attached hydrogens (tertiary/aromatic N) is 4. The molecule has 2 aromatic carbocycles. The van der Waals surface area contributed by atoms with E-state index in [4.69, 9.17) is 0 Å². The number of aryl methyl sites for hydroxylation is 1. The highest BCUT2D eigenvalue weighted by atomic mass is 32.2. The number of amides is 1. The molecular weight excluding hydrogens is 394 g/mol. The molecule has 154 valence electrons. The fourth-order valence-electron chi connectivity index (χ4n) is 3.39. The van der Waals surface area contributed by atoms with E-state index < -0.39 is 0 Å². The molecule has 7 heteroatoms. The molecule has 1 aliphatic heterocycles. The van der Waals surface area contributed by atoms with Crippen molar-refractivity contribution in [3.63, 3.8) is 0 Å². The number of benzene rings is 2. The molecule has 2 heterocycles. The summed E-state index contributed by atoms with van der Waals surface area (Å²) >= 11 is 1.37. The van der Waals surface area contributed by atoms with Crippen molar-refractivity contribution in [1.29, 1.82) is 0 Å². The Morgan fingerprint density at radius 3 is 2.63 bits per heavy atom. The highest BCUT2D eigenvalue weighted by Crippen LogP contribution is 2.19. The lowest BCUT2D eigenvalue weighted by Gasteiger charge is -2.36. The Bertz CT molecular complexity index is 1010. The van der Waals surface area contributed by atoms with Crippen LogP contribution in [0.2, 0.25) is 0 Å². The number of carbonyl (C=O) groups is 1. The lowest BCUT2D eigenvalue weighted by atomic mass is 10.2. The van der Waals surface area contributed by atoms with Gasteiger partial charge in [0.2, 0.25) is 11.1 Å².